The molecule has 0 aliphatic rings. The highest BCUT2D eigenvalue weighted by atomic mass is 35.5. The lowest BCUT2D eigenvalue weighted by atomic mass is 10.1. The van der Waals surface area contributed by atoms with Gasteiger partial charge in [-0.1, -0.05) is 23.2 Å². The number of hydrogen-bond acceptors (Lipinski definition) is 0. The average Bonchev–Trinajstić information content (AvgIpc) is 2.26. The van der Waals surface area contributed by atoms with Gasteiger partial charge in [0, 0.05) is 0 Å². The summed E-state index contributed by atoms with van der Waals surface area (Å²) in [6.07, 6.45) is 0. The minimum Gasteiger partial charge on any atom is -0.207 e. The van der Waals surface area contributed by atoms with Gasteiger partial charge >= 0.3 is 11.2 Å². The second-order valence-corrected chi connectivity index (χ2v) is 5.39. The molecule has 0 atom stereocenters. The summed E-state index contributed by atoms with van der Waals surface area (Å²) < 4.78 is 5.90. The molecular weight excluding hydrogens is 267 g/mol. The van der Waals surface area contributed by atoms with Crippen LogP contribution in [0.2, 0.25) is 10.0 Å². The van der Waals surface area contributed by atoms with Crippen LogP contribution in [0.5, 0.6) is 0 Å². The molecule has 0 saturated heterocycles. The molecule has 0 N–H and O–H groups in total. The van der Waals surface area contributed by atoms with Crippen molar-refractivity contribution in [1.82, 2.24) is 0 Å². The first-order valence-electron chi connectivity index (χ1n) is 5.67. The summed E-state index contributed by atoms with van der Waals surface area (Å²) in [6.45, 7) is 4.06. The highest BCUT2D eigenvalue weighted by Crippen LogP contribution is 2.31. The largest absolute Gasteiger partial charge is 0.362 e. The van der Waals surface area contributed by atoms with Gasteiger partial charge in [-0.2, -0.15) is 0 Å². The monoisotopic (exact) mass is 277 g/mol. The first-order chi connectivity index (χ1) is 8.54. The Morgan fingerprint density at radius 1 is 0.722 bits per heavy atom. The Morgan fingerprint density at radius 3 is 1.61 bits per heavy atom. The quantitative estimate of drug-likeness (QED) is 0.374. The summed E-state index contributed by atoms with van der Waals surface area (Å²) in [4.78, 5) is 0. The van der Waals surface area contributed by atoms with Gasteiger partial charge in [0.15, 0.2) is 0 Å². The molecule has 2 aromatic carbocycles. The van der Waals surface area contributed by atoms with Crippen LogP contribution >= 0.6 is 23.2 Å². The van der Waals surface area contributed by atoms with Gasteiger partial charge in [0.1, 0.15) is 0 Å². The van der Waals surface area contributed by atoms with E-state index in [0.29, 0.717) is 10.0 Å². The van der Waals surface area contributed by atoms with Crippen LogP contribution < -0.4 is 0 Å². The van der Waals surface area contributed by atoms with Crippen LogP contribution in [0, 0.1) is 13.8 Å². The lowest BCUT2D eigenvalue weighted by Crippen LogP contribution is -1.84. The molecule has 3 aromatic rings. The van der Waals surface area contributed by atoms with Crippen LogP contribution in [0.4, 0.5) is 0 Å². The van der Waals surface area contributed by atoms with Crippen LogP contribution in [0.15, 0.2) is 34.7 Å². The van der Waals surface area contributed by atoms with Crippen molar-refractivity contribution in [2.45, 2.75) is 13.8 Å². The maximum atomic E-state index is 6.05. The lowest BCUT2D eigenvalue weighted by molar-refractivity contribution is 0.660. The Labute approximate surface area is 115 Å². The van der Waals surface area contributed by atoms with E-state index >= 15 is 0 Å². The molecule has 90 valence electrons. The van der Waals surface area contributed by atoms with E-state index in [0.717, 1.165) is 33.1 Å². The van der Waals surface area contributed by atoms with Gasteiger partial charge in [0.25, 0.3) is 0 Å². The number of rotatable bonds is 0. The normalized spacial score (nSPS) is 11.3. The van der Waals surface area contributed by atoms with Crippen LogP contribution in [0.3, 0.4) is 0 Å². The Hall–Kier alpha value is -1.31. The Bertz CT molecular complexity index is 715. The zero-order valence-electron chi connectivity index (χ0n) is 10.1. The summed E-state index contributed by atoms with van der Waals surface area (Å²) in [5.41, 5.74) is 3.79. The Morgan fingerprint density at radius 2 is 1.17 bits per heavy atom. The molecule has 3 heteroatoms. The molecule has 0 aliphatic heterocycles. The van der Waals surface area contributed by atoms with Gasteiger partial charge in [0.2, 0.25) is 0 Å². The van der Waals surface area contributed by atoms with Gasteiger partial charge in [-0.15, -0.1) is 0 Å². The molecule has 0 saturated carbocycles. The van der Waals surface area contributed by atoms with E-state index in [-0.39, 0.29) is 0 Å². The third-order valence-corrected chi connectivity index (χ3v) is 3.57. The standard InChI is InChI=1S/C15H11Cl2O/c1-8-3-10(16)5-14-12(8)7-13-9(2)4-11(17)6-15(13)18-14/h3-7H,1-2H3/q+1. The van der Waals surface area contributed by atoms with Crippen LogP contribution in [-0.4, -0.2) is 0 Å². The zero-order valence-corrected chi connectivity index (χ0v) is 11.6. The maximum Gasteiger partial charge on any atom is 0.362 e. The van der Waals surface area contributed by atoms with E-state index < -0.39 is 0 Å². The first kappa shape index (κ1) is 11.8. The van der Waals surface area contributed by atoms with Gasteiger partial charge in [-0.25, -0.2) is 4.42 Å². The van der Waals surface area contributed by atoms with Crippen molar-refractivity contribution in [2.75, 3.05) is 0 Å². The molecule has 0 spiro atoms. The molecule has 0 radical (unpaired) electrons. The van der Waals surface area contributed by atoms with E-state index in [4.69, 9.17) is 27.6 Å². The summed E-state index contributed by atoms with van der Waals surface area (Å²) in [5, 5.41) is 3.53. The molecule has 0 aliphatic carbocycles. The van der Waals surface area contributed by atoms with Gasteiger partial charge in [0.05, 0.1) is 33.0 Å². The summed E-state index contributed by atoms with van der Waals surface area (Å²) in [6, 6.07) is 9.68. The van der Waals surface area contributed by atoms with E-state index in [9.17, 15) is 0 Å². The molecule has 0 fully saturated rings. The Balaban J connectivity index is 2.51. The molecule has 0 amide bonds. The third kappa shape index (κ3) is 1.84. The molecule has 1 nitrogen and oxygen atoms in total. The number of aryl methyl sites for hydroxylation is 2. The van der Waals surface area contributed by atoms with Crippen molar-refractivity contribution in [3.8, 4) is 0 Å². The second kappa shape index (κ2) is 4.11. The smallest absolute Gasteiger partial charge is 0.207 e. The molecule has 1 aromatic heterocycles. The van der Waals surface area contributed by atoms with Gasteiger partial charge < -0.3 is 0 Å². The van der Waals surface area contributed by atoms with E-state index in [1.807, 2.05) is 38.1 Å². The van der Waals surface area contributed by atoms with Crippen LogP contribution in [0.1, 0.15) is 11.1 Å². The minimum atomic E-state index is 0.682. The molecule has 0 unspecified atom stereocenters. The van der Waals surface area contributed by atoms with Crippen molar-refractivity contribution in [3.05, 3.63) is 51.5 Å². The van der Waals surface area contributed by atoms with E-state index in [1.54, 1.807) is 0 Å². The van der Waals surface area contributed by atoms with Crippen molar-refractivity contribution in [3.63, 3.8) is 0 Å². The van der Waals surface area contributed by atoms with Crippen molar-refractivity contribution in [1.29, 1.82) is 0 Å². The van der Waals surface area contributed by atoms with Gasteiger partial charge in [-0.3, -0.25) is 0 Å². The lowest BCUT2D eigenvalue weighted by Gasteiger charge is -2.00. The predicted octanol–water partition coefficient (Wildman–Crippen LogP) is 5.79. The van der Waals surface area contributed by atoms with Crippen LogP contribution in [-0.2, 0) is 0 Å². The van der Waals surface area contributed by atoms with E-state index in [2.05, 4.69) is 6.07 Å². The fourth-order valence-corrected chi connectivity index (χ4v) is 2.77. The van der Waals surface area contributed by atoms with E-state index in [1.165, 1.54) is 0 Å². The SMILES string of the molecule is Cc1cc(Cl)cc2[o+]c3cc(Cl)cc(C)c3cc12. The molecule has 1 heterocycles. The maximum absolute atomic E-state index is 6.05. The predicted molar refractivity (Wildman–Crippen MR) is 77.6 cm³/mol. The molecule has 3 rings (SSSR count). The number of halogens is 2. The molecule has 0 bridgehead atoms. The highest BCUT2D eigenvalue weighted by molar-refractivity contribution is 6.32. The second-order valence-electron chi connectivity index (χ2n) is 4.52. The molecular formula is C15H11Cl2O+. The zero-order chi connectivity index (χ0) is 12.9. The summed E-state index contributed by atoms with van der Waals surface area (Å²) >= 11 is 12.1. The number of benzene rings is 2. The number of fused-ring (bicyclic) bond motifs is 2. The summed E-state index contributed by atoms with van der Waals surface area (Å²) in [5.74, 6) is 0. The minimum absolute atomic E-state index is 0.682. The fraction of sp³-hybridized carbons (Fsp3) is 0.133. The third-order valence-electron chi connectivity index (χ3n) is 3.14. The Kier molecular flexibility index (Phi) is 2.69. The average molecular weight is 278 g/mol. The fourth-order valence-electron chi connectivity index (χ4n) is 2.25. The molecule has 18 heavy (non-hydrogen) atoms. The first-order valence-corrected chi connectivity index (χ1v) is 6.43. The number of hydrogen-bond donors (Lipinski definition) is 0. The van der Waals surface area contributed by atoms with Crippen molar-refractivity contribution < 1.29 is 4.42 Å². The van der Waals surface area contributed by atoms with Crippen molar-refractivity contribution >= 4 is 45.1 Å². The summed E-state index contributed by atoms with van der Waals surface area (Å²) in [7, 11) is 0. The highest BCUT2D eigenvalue weighted by Gasteiger charge is 2.16. The van der Waals surface area contributed by atoms with Crippen molar-refractivity contribution in [2.24, 2.45) is 0 Å². The topological polar surface area (TPSA) is 11.3 Å². The van der Waals surface area contributed by atoms with Crippen LogP contribution in [0.25, 0.3) is 21.9 Å². The van der Waals surface area contributed by atoms with Gasteiger partial charge in [-0.05, 0) is 43.2 Å².